The van der Waals surface area contributed by atoms with Crippen LogP contribution < -0.4 is 10.5 Å². The number of ether oxygens (including phenoxy) is 1. The maximum absolute atomic E-state index is 6.04. The monoisotopic (exact) mass is 224 g/mol. The lowest BCUT2D eigenvalue weighted by Crippen LogP contribution is -1.88. The van der Waals surface area contributed by atoms with Gasteiger partial charge in [0.1, 0.15) is 5.75 Å². The standard InChI is InChI=1S/C10H9ClN2O2/c1-14-6-2-3-9(11)7(4-6)8-5-13-15-10(8)12/h2-5H,12H2,1H3. The Bertz CT molecular complexity index is 482. The molecular weight excluding hydrogens is 216 g/mol. The third kappa shape index (κ3) is 1.76. The van der Waals surface area contributed by atoms with Crippen LogP contribution in [0.3, 0.4) is 0 Å². The summed E-state index contributed by atoms with van der Waals surface area (Å²) in [6.07, 6.45) is 1.52. The molecule has 2 rings (SSSR count). The second-order valence-electron chi connectivity index (χ2n) is 2.95. The van der Waals surface area contributed by atoms with Gasteiger partial charge in [-0.25, -0.2) is 0 Å². The average Bonchev–Trinajstić information content (AvgIpc) is 2.65. The topological polar surface area (TPSA) is 61.3 Å². The number of hydrogen-bond donors (Lipinski definition) is 1. The zero-order chi connectivity index (χ0) is 10.8. The van der Waals surface area contributed by atoms with Crippen LogP contribution in [-0.2, 0) is 0 Å². The highest BCUT2D eigenvalue weighted by Gasteiger charge is 2.11. The smallest absolute Gasteiger partial charge is 0.230 e. The first-order valence-corrected chi connectivity index (χ1v) is 4.64. The molecule has 0 unspecified atom stereocenters. The first kappa shape index (κ1) is 9.86. The summed E-state index contributed by atoms with van der Waals surface area (Å²) in [4.78, 5) is 0. The van der Waals surface area contributed by atoms with E-state index in [1.165, 1.54) is 6.20 Å². The van der Waals surface area contributed by atoms with Crippen LogP contribution in [0.25, 0.3) is 11.1 Å². The molecular formula is C10H9ClN2O2. The maximum atomic E-state index is 6.04. The van der Waals surface area contributed by atoms with Gasteiger partial charge in [0.15, 0.2) is 0 Å². The van der Waals surface area contributed by atoms with E-state index in [0.717, 1.165) is 5.56 Å². The van der Waals surface area contributed by atoms with Crippen molar-refractivity contribution in [1.29, 1.82) is 0 Å². The fourth-order valence-corrected chi connectivity index (χ4v) is 1.51. The molecule has 5 heteroatoms. The van der Waals surface area contributed by atoms with Crippen LogP contribution in [-0.4, -0.2) is 12.3 Å². The first-order chi connectivity index (χ1) is 7.22. The molecule has 0 saturated heterocycles. The largest absolute Gasteiger partial charge is 0.497 e. The number of anilines is 1. The highest BCUT2D eigenvalue weighted by atomic mass is 35.5. The van der Waals surface area contributed by atoms with Crippen LogP contribution in [0, 0.1) is 0 Å². The van der Waals surface area contributed by atoms with Crippen LogP contribution in [0.4, 0.5) is 5.88 Å². The molecule has 0 fully saturated rings. The van der Waals surface area contributed by atoms with Crippen LogP contribution in [0.1, 0.15) is 0 Å². The summed E-state index contributed by atoms with van der Waals surface area (Å²) < 4.78 is 9.87. The van der Waals surface area contributed by atoms with Gasteiger partial charge in [-0.15, -0.1) is 0 Å². The van der Waals surface area contributed by atoms with Crippen molar-refractivity contribution in [2.45, 2.75) is 0 Å². The molecule has 15 heavy (non-hydrogen) atoms. The quantitative estimate of drug-likeness (QED) is 0.852. The summed E-state index contributed by atoms with van der Waals surface area (Å²) in [5, 5.41) is 4.17. The van der Waals surface area contributed by atoms with Gasteiger partial charge < -0.3 is 15.0 Å². The van der Waals surface area contributed by atoms with Gasteiger partial charge in [0, 0.05) is 10.6 Å². The fourth-order valence-electron chi connectivity index (χ4n) is 1.29. The number of benzene rings is 1. The first-order valence-electron chi connectivity index (χ1n) is 4.26. The predicted molar refractivity (Wildman–Crippen MR) is 57.9 cm³/mol. The summed E-state index contributed by atoms with van der Waals surface area (Å²) in [6.45, 7) is 0. The van der Waals surface area contributed by atoms with Crippen LogP contribution in [0.15, 0.2) is 28.9 Å². The number of hydrogen-bond acceptors (Lipinski definition) is 4. The van der Waals surface area contributed by atoms with Gasteiger partial charge in [0.2, 0.25) is 5.88 Å². The molecule has 1 heterocycles. The molecule has 4 nitrogen and oxygen atoms in total. The molecule has 0 amide bonds. The summed E-state index contributed by atoms with van der Waals surface area (Å²) in [5.41, 5.74) is 7.02. The molecule has 78 valence electrons. The molecule has 1 aromatic carbocycles. The zero-order valence-corrected chi connectivity index (χ0v) is 8.78. The van der Waals surface area contributed by atoms with Crippen molar-refractivity contribution in [2.75, 3.05) is 12.8 Å². The zero-order valence-electron chi connectivity index (χ0n) is 8.03. The van der Waals surface area contributed by atoms with Crippen molar-refractivity contribution >= 4 is 17.5 Å². The third-order valence-corrected chi connectivity index (χ3v) is 2.39. The lowest BCUT2D eigenvalue weighted by molar-refractivity contribution is 0.415. The van der Waals surface area contributed by atoms with Crippen molar-refractivity contribution in [3.63, 3.8) is 0 Å². The minimum Gasteiger partial charge on any atom is -0.497 e. The van der Waals surface area contributed by atoms with E-state index < -0.39 is 0 Å². The van der Waals surface area contributed by atoms with E-state index >= 15 is 0 Å². The van der Waals surface area contributed by atoms with E-state index in [0.29, 0.717) is 16.3 Å². The van der Waals surface area contributed by atoms with Gasteiger partial charge in [-0.3, -0.25) is 0 Å². The summed E-state index contributed by atoms with van der Waals surface area (Å²) >= 11 is 6.04. The molecule has 0 aliphatic carbocycles. The predicted octanol–water partition coefficient (Wildman–Crippen LogP) is 2.59. The van der Waals surface area contributed by atoms with E-state index in [1.54, 1.807) is 25.3 Å². The molecule has 2 N–H and O–H groups in total. The van der Waals surface area contributed by atoms with E-state index in [4.69, 9.17) is 26.6 Å². The number of rotatable bonds is 2. The Morgan fingerprint density at radius 2 is 2.20 bits per heavy atom. The SMILES string of the molecule is COc1ccc(Cl)c(-c2cnoc2N)c1. The lowest BCUT2D eigenvalue weighted by Gasteiger charge is -2.04. The minimum atomic E-state index is 0.241. The van der Waals surface area contributed by atoms with Gasteiger partial charge in [-0.05, 0) is 18.2 Å². The lowest BCUT2D eigenvalue weighted by atomic mass is 10.1. The number of halogens is 1. The second-order valence-corrected chi connectivity index (χ2v) is 3.36. The van der Waals surface area contributed by atoms with Crippen molar-refractivity contribution in [3.05, 3.63) is 29.4 Å². The average molecular weight is 225 g/mol. The molecule has 0 aliphatic rings. The van der Waals surface area contributed by atoms with E-state index in [1.807, 2.05) is 0 Å². The van der Waals surface area contributed by atoms with E-state index in [9.17, 15) is 0 Å². The Balaban J connectivity index is 2.56. The summed E-state index contributed by atoms with van der Waals surface area (Å²) in [5.74, 6) is 0.945. The van der Waals surface area contributed by atoms with E-state index in [-0.39, 0.29) is 5.88 Å². The van der Waals surface area contributed by atoms with Crippen molar-refractivity contribution in [2.24, 2.45) is 0 Å². The Morgan fingerprint density at radius 1 is 1.40 bits per heavy atom. The molecule has 1 aromatic heterocycles. The second kappa shape index (κ2) is 3.82. The number of nitrogens with two attached hydrogens (primary N) is 1. The highest BCUT2D eigenvalue weighted by molar-refractivity contribution is 6.33. The van der Waals surface area contributed by atoms with Crippen molar-refractivity contribution in [1.82, 2.24) is 5.16 Å². The maximum Gasteiger partial charge on any atom is 0.230 e. The van der Waals surface area contributed by atoms with Crippen LogP contribution in [0.5, 0.6) is 5.75 Å². The van der Waals surface area contributed by atoms with E-state index in [2.05, 4.69) is 5.16 Å². The Hall–Kier alpha value is -1.68. The van der Waals surface area contributed by atoms with Gasteiger partial charge in [0.05, 0.1) is 18.9 Å². The fraction of sp³-hybridized carbons (Fsp3) is 0.100. The van der Waals surface area contributed by atoms with Gasteiger partial charge >= 0.3 is 0 Å². The Labute approximate surface area is 91.6 Å². The van der Waals surface area contributed by atoms with Crippen molar-refractivity contribution < 1.29 is 9.26 Å². The normalized spacial score (nSPS) is 10.3. The summed E-state index contributed by atoms with van der Waals surface area (Å²) in [6, 6.07) is 5.29. The molecule has 0 radical (unpaired) electrons. The molecule has 2 aromatic rings. The number of nitrogen functional groups attached to an aromatic ring is 1. The Kier molecular flexibility index (Phi) is 2.51. The molecule has 0 spiro atoms. The third-order valence-electron chi connectivity index (χ3n) is 2.06. The molecule has 0 saturated carbocycles. The van der Waals surface area contributed by atoms with Crippen molar-refractivity contribution in [3.8, 4) is 16.9 Å². The minimum absolute atomic E-state index is 0.241. The number of aromatic nitrogens is 1. The highest BCUT2D eigenvalue weighted by Crippen LogP contribution is 2.34. The number of nitrogens with zero attached hydrogens (tertiary/aromatic N) is 1. The van der Waals surface area contributed by atoms with Gasteiger partial charge in [-0.2, -0.15) is 0 Å². The van der Waals surface area contributed by atoms with Gasteiger partial charge in [-0.1, -0.05) is 16.8 Å². The van der Waals surface area contributed by atoms with Crippen LogP contribution >= 0.6 is 11.6 Å². The Morgan fingerprint density at radius 3 is 2.80 bits per heavy atom. The van der Waals surface area contributed by atoms with Crippen LogP contribution in [0.2, 0.25) is 5.02 Å². The molecule has 0 atom stereocenters. The molecule has 0 aliphatic heterocycles. The number of methoxy groups -OCH3 is 1. The summed E-state index contributed by atoms with van der Waals surface area (Å²) in [7, 11) is 1.59. The molecule has 0 bridgehead atoms. The van der Waals surface area contributed by atoms with Gasteiger partial charge in [0.25, 0.3) is 0 Å².